The molecule has 0 aliphatic heterocycles. The smallest absolute Gasteiger partial charge is 0.0841 e. The van der Waals surface area contributed by atoms with Gasteiger partial charge in [-0.2, -0.15) is 0 Å². The highest BCUT2D eigenvalue weighted by Crippen LogP contribution is 2.20. The first kappa shape index (κ1) is 11.9. The van der Waals surface area contributed by atoms with Crippen molar-refractivity contribution >= 4 is 22.5 Å². The maximum absolute atomic E-state index is 5.98. The van der Waals surface area contributed by atoms with E-state index in [-0.39, 0.29) is 0 Å². The van der Waals surface area contributed by atoms with Crippen LogP contribution >= 0.6 is 11.6 Å². The van der Waals surface area contributed by atoms with Crippen molar-refractivity contribution in [3.05, 3.63) is 71.4 Å². The lowest BCUT2D eigenvalue weighted by Gasteiger charge is -1.99. The average Bonchev–Trinajstić information content (AvgIpc) is 2.82. The molecule has 92 valence electrons. The van der Waals surface area contributed by atoms with Crippen LogP contribution in [0.5, 0.6) is 0 Å². The number of aromatic nitrogens is 1. The number of rotatable bonds is 1. The van der Waals surface area contributed by atoms with Crippen molar-refractivity contribution in [2.75, 3.05) is 0 Å². The van der Waals surface area contributed by atoms with E-state index in [1.807, 2.05) is 54.7 Å². The second kappa shape index (κ2) is 5.22. The third-order valence-corrected chi connectivity index (χ3v) is 3.22. The van der Waals surface area contributed by atoms with Gasteiger partial charge in [0.05, 0.1) is 6.54 Å². The lowest BCUT2D eigenvalue weighted by atomic mass is 10.2. The molecule has 0 bridgehead atoms. The molecule has 19 heavy (non-hydrogen) atoms. The van der Waals surface area contributed by atoms with Crippen molar-refractivity contribution in [3.8, 4) is 11.8 Å². The fourth-order valence-electron chi connectivity index (χ4n) is 2.06. The molecule has 1 aromatic heterocycles. The van der Waals surface area contributed by atoms with Crippen molar-refractivity contribution in [2.24, 2.45) is 0 Å². The minimum Gasteiger partial charge on any atom is -0.336 e. The molecule has 0 saturated heterocycles. The van der Waals surface area contributed by atoms with Crippen LogP contribution in [0.15, 0.2) is 60.8 Å². The Balaban J connectivity index is 1.85. The molecule has 0 radical (unpaired) electrons. The molecule has 0 aliphatic rings. The summed E-state index contributed by atoms with van der Waals surface area (Å²) >= 11 is 5.98. The van der Waals surface area contributed by atoms with Crippen LogP contribution < -0.4 is 0 Å². The molecule has 3 aromatic rings. The van der Waals surface area contributed by atoms with E-state index < -0.39 is 0 Å². The van der Waals surface area contributed by atoms with Gasteiger partial charge in [0.15, 0.2) is 0 Å². The summed E-state index contributed by atoms with van der Waals surface area (Å²) in [4.78, 5) is 0. The Morgan fingerprint density at radius 1 is 1.00 bits per heavy atom. The molecule has 0 amide bonds. The van der Waals surface area contributed by atoms with Gasteiger partial charge < -0.3 is 4.57 Å². The van der Waals surface area contributed by atoms with E-state index in [9.17, 15) is 0 Å². The molecule has 1 nitrogen and oxygen atoms in total. The third-order valence-electron chi connectivity index (χ3n) is 2.99. The Bertz CT molecular complexity index is 760. The van der Waals surface area contributed by atoms with Crippen LogP contribution in [0.4, 0.5) is 0 Å². The van der Waals surface area contributed by atoms with Gasteiger partial charge in [0, 0.05) is 27.7 Å². The Morgan fingerprint density at radius 3 is 2.68 bits per heavy atom. The van der Waals surface area contributed by atoms with Crippen molar-refractivity contribution in [1.29, 1.82) is 0 Å². The zero-order valence-electron chi connectivity index (χ0n) is 10.3. The summed E-state index contributed by atoms with van der Waals surface area (Å²) in [6.07, 6.45) is 2.04. The molecule has 0 N–H and O–H groups in total. The molecule has 2 heteroatoms. The van der Waals surface area contributed by atoms with Crippen molar-refractivity contribution in [1.82, 2.24) is 4.57 Å². The van der Waals surface area contributed by atoms with Crippen LogP contribution in [0, 0.1) is 11.8 Å². The van der Waals surface area contributed by atoms with Gasteiger partial charge in [0.2, 0.25) is 0 Å². The second-order valence-electron chi connectivity index (χ2n) is 4.31. The standard InChI is InChI=1S/C17H12ClN/c18-16-8-9-17-15(13-16)10-12-19(17)11-4-7-14-5-2-1-3-6-14/h1-3,5-6,8-10,12-13H,11H2. The molecule has 0 saturated carbocycles. The van der Waals surface area contributed by atoms with E-state index in [0.717, 1.165) is 21.5 Å². The number of hydrogen-bond donors (Lipinski definition) is 0. The zero-order chi connectivity index (χ0) is 13.1. The first-order valence-electron chi connectivity index (χ1n) is 6.11. The minimum absolute atomic E-state index is 0.681. The molecule has 0 aliphatic carbocycles. The largest absolute Gasteiger partial charge is 0.336 e. The SMILES string of the molecule is Clc1ccc2c(ccn2CC#Cc2ccccc2)c1. The summed E-state index contributed by atoms with van der Waals surface area (Å²) in [6.45, 7) is 0.681. The lowest BCUT2D eigenvalue weighted by molar-refractivity contribution is 0.886. The van der Waals surface area contributed by atoms with Crippen LogP contribution in [0.3, 0.4) is 0 Å². The predicted octanol–water partition coefficient (Wildman–Crippen LogP) is 4.35. The fraction of sp³-hybridized carbons (Fsp3) is 0.0588. The fourth-order valence-corrected chi connectivity index (χ4v) is 2.24. The first-order valence-corrected chi connectivity index (χ1v) is 6.49. The van der Waals surface area contributed by atoms with Gasteiger partial charge in [-0.1, -0.05) is 41.6 Å². The quantitative estimate of drug-likeness (QED) is 0.577. The van der Waals surface area contributed by atoms with Gasteiger partial charge in [-0.15, -0.1) is 0 Å². The Kier molecular flexibility index (Phi) is 3.27. The summed E-state index contributed by atoms with van der Waals surface area (Å²) in [5, 5.41) is 1.91. The monoisotopic (exact) mass is 265 g/mol. The number of fused-ring (bicyclic) bond motifs is 1. The zero-order valence-corrected chi connectivity index (χ0v) is 11.1. The summed E-state index contributed by atoms with van der Waals surface area (Å²) in [5.41, 5.74) is 2.20. The number of nitrogens with zero attached hydrogens (tertiary/aromatic N) is 1. The summed E-state index contributed by atoms with van der Waals surface area (Å²) in [5.74, 6) is 6.35. The van der Waals surface area contributed by atoms with E-state index in [2.05, 4.69) is 22.5 Å². The van der Waals surface area contributed by atoms with Gasteiger partial charge in [-0.3, -0.25) is 0 Å². The van der Waals surface area contributed by atoms with E-state index in [4.69, 9.17) is 11.6 Å². The molecule has 0 fully saturated rings. The van der Waals surface area contributed by atoms with Crippen LogP contribution in [0.1, 0.15) is 5.56 Å². The Morgan fingerprint density at radius 2 is 1.84 bits per heavy atom. The maximum Gasteiger partial charge on any atom is 0.0841 e. The predicted molar refractivity (Wildman–Crippen MR) is 80.3 cm³/mol. The highest BCUT2D eigenvalue weighted by atomic mass is 35.5. The van der Waals surface area contributed by atoms with Crippen LogP contribution in [0.25, 0.3) is 10.9 Å². The van der Waals surface area contributed by atoms with Crippen molar-refractivity contribution in [3.63, 3.8) is 0 Å². The van der Waals surface area contributed by atoms with Gasteiger partial charge in [0.1, 0.15) is 0 Å². The third kappa shape index (κ3) is 2.65. The minimum atomic E-state index is 0.681. The Labute approximate surface area is 117 Å². The molecule has 0 atom stereocenters. The topological polar surface area (TPSA) is 4.93 Å². The van der Waals surface area contributed by atoms with Gasteiger partial charge in [-0.05, 0) is 36.4 Å². The highest BCUT2D eigenvalue weighted by Gasteiger charge is 1.99. The Hall–Kier alpha value is -2.17. The molecule has 0 spiro atoms. The van der Waals surface area contributed by atoms with E-state index in [1.54, 1.807) is 0 Å². The molecular formula is C17H12ClN. The number of benzene rings is 2. The summed E-state index contributed by atoms with van der Waals surface area (Å²) in [7, 11) is 0. The molecule has 2 aromatic carbocycles. The normalized spacial score (nSPS) is 10.2. The van der Waals surface area contributed by atoms with Crippen LogP contribution in [-0.4, -0.2) is 4.57 Å². The first-order chi connectivity index (χ1) is 9.33. The second-order valence-corrected chi connectivity index (χ2v) is 4.75. The van der Waals surface area contributed by atoms with E-state index in [1.165, 1.54) is 0 Å². The molecule has 3 rings (SSSR count). The maximum atomic E-state index is 5.98. The number of halogens is 1. The summed E-state index contributed by atoms with van der Waals surface area (Å²) < 4.78 is 2.13. The molecular weight excluding hydrogens is 254 g/mol. The van der Waals surface area contributed by atoms with E-state index >= 15 is 0 Å². The van der Waals surface area contributed by atoms with Gasteiger partial charge in [-0.25, -0.2) is 0 Å². The van der Waals surface area contributed by atoms with Gasteiger partial charge >= 0.3 is 0 Å². The molecule has 0 unspecified atom stereocenters. The summed E-state index contributed by atoms with van der Waals surface area (Å²) in [6, 6.07) is 18.0. The molecule has 1 heterocycles. The van der Waals surface area contributed by atoms with Crippen molar-refractivity contribution in [2.45, 2.75) is 6.54 Å². The van der Waals surface area contributed by atoms with Crippen LogP contribution in [0.2, 0.25) is 5.02 Å². The van der Waals surface area contributed by atoms with Gasteiger partial charge in [0.25, 0.3) is 0 Å². The average molecular weight is 266 g/mol. The number of hydrogen-bond acceptors (Lipinski definition) is 0. The van der Waals surface area contributed by atoms with E-state index in [0.29, 0.717) is 6.54 Å². The van der Waals surface area contributed by atoms with Crippen LogP contribution in [-0.2, 0) is 6.54 Å². The highest BCUT2D eigenvalue weighted by molar-refractivity contribution is 6.31. The van der Waals surface area contributed by atoms with Crippen molar-refractivity contribution < 1.29 is 0 Å². The lowest BCUT2D eigenvalue weighted by Crippen LogP contribution is -1.92.